The zero-order chi connectivity index (χ0) is 12.7. The van der Waals surface area contributed by atoms with Crippen LogP contribution < -0.4 is 0 Å². The van der Waals surface area contributed by atoms with Gasteiger partial charge in [0.1, 0.15) is 5.82 Å². The van der Waals surface area contributed by atoms with Crippen molar-refractivity contribution in [2.45, 2.75) is 31.1 Å². The summed E-state index contributed by atoms with van der Waals surface area (Å²) >= 11 is 7.15. The Balaban J connectivity index is 2.17. The van der Waals surface area contributed by atoms with Crippen LogP contribution in [0.1, 0.15) is 30.3 Å². The van der Waals surface area contributed by atoms with E-state index < -0.39 is 0 Å². The maximum Gasteiger partial charge on any atom is 0.165 e. The molecule has 0 radical (unpaired) electrons. The summed E-state index contributed by atoms with van der Waals surface area (Å²) in [6, 6.07) is 6.83. The van der Waals surface area contributed by atoms with E-state index in [0.717, 1.165) is 27.0 Å². The van der Waals surface area contributed by atoms with Gasteiger partial charge in [-0.25, -0.2) is 0 Å². The number of alkyl halides is 1. The SMILES string of the molecule is Cc1cccc(-c2nnc(CBr)n2C2CC2)c1Br. The van der Waals surface area contributed by atoms with E-state index in [9.17, 15) is 0 Å². The van der Waals surface area contributed by atoms with Crippen molar-refractivity contribution in [1.82, 2.24) is 14.8 Å². The Morgan fingerprint density at radius 3 is 2.78 bits per heavy atom. The summed E-state index contributed by atoms with van der Waals surface area (Å²) in [5, 5.41) is 9.41. The highest BCUT2D eigenvalue weighted by Gasteiger charge is 2.30. The summed E-state index contributed by atoms with van der Waals surface area (Å²) < 4.78 is 3.38. The number of hydrogen-bond acceptors (Lipinski definition) is 2. The number of rotatable bonds is 3. The smallest absolute Gasteiger partial charge is 0.165 e. The molecule has 0 saturated heterocycles. The van der Waals surface area contributed by atoms with Gasteiger partial charge in [0.25, 0.3) is 0 Å². The van der Waals surface area contributed by atoms with Crippen LogP contribution in [0.15, 0.2) is 22.7 Å². The Hall–Kier alpha value is -0.680. The van der Waals surface area contributed by atoms with Gasteiger partial charge in [0.15, 0.2) is 5.82 Å². The first-order chi connectivity index (χ1) is 8.72. The summed E-state index contributed by atoms with van der Waals surface area (Å²) in [7, 11) is 0. The Kier molecular flexibility index (Phi) is 3.28. The van der Waals surface area contributed by atoms with Gasteiger partial charge in [0.05, 0.1) is 5.33 Å². The van der Waals surface area contributed by atoms with Gasteiger partial charge in [-0.3, -0.25) is 0 Å². The van der Waals surface area contributed by atoms with E-state index in [1.54, 1.807) is 0 Å². The maximum absolute atomic E-state index is 4.37. The third kappa shape index (κ3) is 2.03. The predicted octanol–water partition coefficient (Wildman–Crippen LogP) is 4.25. The second kappa shape index (κ2) is 4.78. The van der Waals surface area contributed by atoms with Crippen LogP contribution in [0.5, 0.6) is 0 Å². The van der Waals surface area contributed by atoms with E-state index in [0.29, 0.717) is 6.04 Å². The minimum Gasteiger partial charge on any atom is -0.307 e. The second-order valence-corrected chi connectivity index (χ2v) is 5.96. The van der Waals surface area contributed by atoms with Crippen LogP contribution in [0.2, 0.25) is 0 Å². The van der Waals surface area contributed by atoms with Crippen molar-refractivity contribution in [3.63, 3.8) is 0 Å². The van der Waals surface area contributed by atoms with Crippen LogP contribution in [0.25, 0.3) is 11.4 Å². The average molecular weight is 371 g/mol. The molecule has 18 heavy (non-hydrogen) atoms. The quantitative estimate of drug-likeness (QED) is 0.756. The first-order valence-corrected chi connectivity index (χ1v) is 7.89. The molecule has 2 aromatic rings. The standard InChI is InChI=1S/C13H13Br2N3/c1-8-3-2-4-10(12(8)15)13-17-16-11(7-14)18(13)9-5-6-9/h2-4,9H,5-7H2,1H3. The Morgan fingerprint density at radius 1 is 1.33 bits per heavy atom. The predicted molar refractivity (Wildman–Crippen MR) is 78.8 cm³/mol. The van der Waals surface area contributed by atoms with E-state index in [2.05, 4.69) is 71.7 Å². The van der Waals surface area contributed by atoms with E-state index in [1.807, 2.05) is 0 Å². The highest BCUT2D eigenvalue weighted by Crippen LogP contribution is 2.40. The fraction of sp³-hybridized carbons (Fsp3) is 0.385. The van der Waals surface area contributed by atoms with Crippen LogP contribution in [0.4, 0.5) is 0 Å². The van der Waals surface area contributed by atoms with Crippen molar-refractivity contribution >= 4 is 31.9 Å². The first-order valence-electron chi connectivity index (χ1n) is 5.97. The summed E-state index contributed by atoms with van der Waals surface area (Å²) in [6.45, 7) is 2.09. The molecule has 1 saturated carbocycles. The highest BCUT2D eigenvalue weighted by molar-refractivity contribution is 9.10. The van der Waals surface area contributed by atoms with Gasteiger partial charge in [-0.1, -0.05) is 34.1 Å². The Bertz CT molecular complexity index is 588. The molecule has 5 heteroatoms. The van der Waals surface area contributed by atoms with Crippen LogP contribution in [0.3, 0.4) is 0 Å². The summed E-state index contributed by atoms with van der Waals surface area (Å²) in [5.74, 6) is 1.99. The number of aromatic nitrogens is 3. The number of nitrogens with zero attached hydrogens (tertiary/aromatic N) is 3. The van der Waals surface area contributed by atoms with E-state index in [-0.39, 0.29) is 0 Å². The zero-order valence-corrected chi connectivity index (χ0v) is 13.2. The Morgan fingerprint density at radius 2 is 2.11 bits per heavy atom. The molecule has 0 amide bonds. The largest absolute Gasteiger partial charge is 0.307 e. The lowest BCUT2D eigenvalue weighted by molar-refractivity contribution is 0.714. The monoisotopic (exact) mass is 369 g/mol. The molecule has 1 fully saturated rings. The lowest BCUT2D eigenvalue weighted by Gasteiger charge is -2.10. The van der Waals surface area contributed by atoms with Crippen molar-refractivity contribution in [2.24, 2.45) is 0 Å². The van der Waals surface area contributed by atoms with Gasteiger partial charge in [0.2, 0.25) is 0 Å². The first kappa shape index (κ1) is 12.4. The number of aryl methyl sites for hydroxylation is 1. The van der Waals surface area contributed by atoms with Crippen LogP contribution in [0, 0.1) is 6.92 Å². The number of halogens is 2. The molecule has 0 atom stereocenters. The van der Waals surface area contributed by atoms with Crippen LogP contribution in [-0.4, -0.2) is 14.8 Å². The lowest BCUT2D eigenvalue weighted by atomic mass is 10.1. The molecule has 0 bridgehead atoms. The molecule has 3 nitrogen and oxygen atoms in total. The molecule has 3 rings (SSSR count). The summed E-state index contributed by atoms with van der Waals surface area (Å²) in [5.41, 5.74) is 2.35. The molecule has 0 aliphatic heterocycles. The van der Waals surface area contributed by atoms with Crippen molar-refractivity contribution < 1.29 is 0 Å². The van der Waals surface area contributed by atoms with Gasteiger partial charge in [-0.05, 0) is 41.3 Å². The van der Waals surface area contributed by atoms with Crippen LogP contribution in [-0.2, 0) is 5.33 Å². The molecule has 1 aliphatic carbocycles. The fourth-order valence-electron chi connectivity index (χ4n) is 2.13. The molecule has 94 valence electrons. The highest BCUT2D eigenvalue weighted by atomic mass is 79.9. The average Bonchev–Trinajstić information content (AvgIpc) is 3.12. The molecule has 0 N–H and O–H groups in total. The minimum absolute atomic E-state index is 0.579. The minimum atomic E-state index is 0.579. The van der Waals surface area contributed by atoms with Gasteiger partial charge in [-0.15, -0.1) is 10.2 Å². The number of benzene rings is 1. The third-order valence-electron chi connectivity index (χ3n) is 3.23. The molecule has 1 aliphatic rings. The molecule has 0 spiro atoms. The lowest BCUT2D eigenvalue weighted by Crippen LogP contribution is -2.02. The number of hydrogen-bond donors (Lipinski definition) is 0. The second-order valence-electron chi connectivity index (χ2n) is 4.61. The van der Waals surface area contributed by atoms with Crippen molar-refractivity contribution in [1.29, 1.82) is 0 Å². The van der Waals surface area contributed by atoms with E-state index >= 15 is 0 Å². The molecule has 1 heterocycles. The third-order valence-corrected chi connectivity index (χ3v) is 4.78. The molecule has 1 aromatic heterocycles. The van der Waals surface area contributed by atoms with Gasteiger partial charge in [0, 0.05) is 16.1 Å². The van der Waals surface area contributed by atoms with Crippen molar-refractivity contribution in [2.75, 3.05) is 0 Å². The summed E-state index contributed by atoms with van der Waals surface area (Å²) in [4.78, 5) is 0. The van der Waals surface area contributed by atoms with Gasteiger partial charge >= 0.3 is 0 Å². The maximum atomic E-state index is 4.37. The van der Waals surface area contributed by atoms with Gasteiger partial charge < -0.3 is 4.57 Å². The molecule has 1 aromatic carbocycles. The molecular formula is C13H13Br2N3. The topological polar surface area (TPSA) is 30.7 Å². The zero-order valence-electron chi connectivity index (χ0n) is 10.0. The fourth-order valence-corrected chi connectivity index (χ4v) is 2.96. The van der Waals surface area contributed by atoms with E-state index in [1.165, 1.54) is 18.4 Å². The van der Waals surface area contributed by atoms with Gasteiger partial charge in [-0.2, -0.15) is 0 Å². The van der Waals surface area contributed by atoms with Crippen molar-refractivity contribution in [3.8, 4) is 11.4 Å². The molecule has 0 unspecified atom stereocenters. The van der Waals surface area contributed by atoms with E-state index in [4.69, 9.17) is 0 Å². The molecular weight excluding hydrogens is 358 g/mol. The normalized spacial score (nSPS) is 15.1. The summed E-state index contributed by atoms with van der Waals surface area (Å²) in [6.07, 6.45) is 2.46. The Labute approximate surface area is 123 Å². The van der Waals surface area contributed by atoms with Crippen molar-refractivity contribution in [3.05, 3.63) is 34.1 Å². The van der Waals surface area contributed by atoms with Crippen LogP contribution >= 0.6 is 31.9 Å².